The van der Waals surface area contributed by atoms with Crippen LogP contribution in [0.15, 0.2) is 391 Å². The van der Waals surface area contributed by atoms with Gasteiger partial charge in [0.1, 0.15) is 0 Å². The monoisotopic (exact) mass is 1110 g/mol. The van der Waals surface area contributed by atoms with E-state index in [2.05, 4.69) is 367 Å². The molecular formula is C78H58BN3S2. The predicted molar refractivity (Wildman–Crippen MR) is 355 cm³/mol. The van der Waals surface area contributed by atoms with E-state index < -0.39 is 20.1 Å². The molecule has 15 rings (SSSR count). The number of anilines is 9. The van der Waals surface area contributed by atoms with Crippen molar-refractivity contribution in [2.24, 2.45) is 0 Å². The van der Waals surface area contributed by atoms with Gasteiger partial charge in [-0.3, -0.25) is 0 Å². The zero-order valence-electron chi connectivity index (χ0n) is 46.2. The summed E-state index contributed by atoms with van der Waals surface area (Å²) in [5.74, 6) is 0. The summed E-state index contributed by atoms with van der Waals surface area (Å²) in [4.78, 5) is 17.7. The molecule has 13 aromatic carbocycles. The van der Waals surface area contributed by atoms with Gasteiger partial charge in [-0.1, -0.05) is 176 Å². The molecule has 0 amide bonds. The van der Waals surface area contributed by atoms with E-state index in [0.29, 0.717) is 0 Å². The third-order valence-corrected chi connectivity index (χ3v) is 24.5. The van der Waals surface area contributed by atoms with Crippen molar-refractivity contribution < 1.29 is 0 Å². The highest BCUT2D eigenvalue weighted by Crippen LogP contribution is 2.75. The lowest BCUT2D eigenvalue weighted by atomic mass is 9.33. The van der Waals surface area contributed by atoms with Crippen LogP contribution in [0, 0.1) is 0 Å². The molecule has 0 saturated heterocycles. The van der Waals surface area contributed by atoms with Gasteiger partial charge in [0, 0.05) is 90.4 Å². The number of hydrogen-bond acceptors (Lipinski definition) is 3. The van der Waals surface area contributed by atoms with Crippen molar-refractivity contribution in [2.75, 3.05) is 14.7 Å². The predicted octanol–water partition coefficient (Wildman–Crippen LogP) is 19.9. The Hall–Kier alpha value is -9.98. The highest BCUT2D eigenvalue weighted by molar-refractivity contribution is 8.34. The van der Waals surface area contributed by atoms with Crippen molar-refractivity contribution in [3.05, 3.63) is 352 Å². The molecular weight excluding hydrogens is 1050 g/mol. The first kappa shape index (κ1) is 50.9. The number of rotatable bonds is 13. The van der Waals surface area contributed by atoms with E-state index in [1.807, 2.05) is 0 Å². The van der Waals surface area contributed by atoms with Gasteiger partial charge in [0.15, 0.2) is 0 Å². The van der Waals surface area contributed by atoms with Crippen LogP contribution in [0.25, 0.3) is 0 Å². The van der Waals surface area contributed by atoms with E-state index in [-0.39, 0.29) is 6.71 Å². The lowest BCUT2D eigenvalue weighted by Gasteiger charge is -2.44. The van der Waals surface area contributed by atoms with E-state index in [4.69, 9.17) is 0 Å². The zero-order chi connectivity index (χ0) is 55.9. The minimum Gasteiger partial charge on any atom is -0.311 e. The summed E-state index contributed by atoms with van der Waals surface area (Å²) in [7, 11) is -3.88. The van der Waals surface area contributed by atoms with Crippen molar-refractivity contribution in [3.8, 4) is 0 Å². The zero-order valence-corrected chi connectivity index (χ0v) is 47.9. The van der Waals surface area contributed by atoms with Gasteiger partial charge in [0.2, 0.25) is 0 Å². The van der Waals surface area contributed by atoms with Crippen LogP contribution in [0.3, 0.4) is 0 Å². The molecule has 400 valence electrons. The first-order valence-corrected chi connectivity index (χ1v) is 32.0. The summed E-state index contributed by atoms with van der Waals surface area (Å²) in [6.07, 6.45) is 0. The molecule has 0 aliphatic carbocycles. The summed E-state index contributed by atoms with van der Waals surface area (Å²) in [6, 6.07) is 131. The standard InChI is InChI=1S/C78H58BN3S2/c1-9-28-59(29-10-1)81-74-45-26-25-44-72(74)79-73-57-52-63(58-77(73)82(60-30-11-2-12-31-60)76-47-27-46-75(81)78(76)79)80(61-48-53-70(54-49-61)83(64-32-13-3-14-33-64,65-34-15-4-16-35-65)66-36-17-5-18-37-66)62-50-55-71(56-51-62)84(67-38-19-6-20-39-67,68-40-21-7-22-41-68)69-42-23-8-24-43-69/h1-58H. The molecule has 3 nitrogen and oxygen atoms in total. The van der Waals surface area contributed by atoms with Gasteiger partial charge in [-0.15, -0.1) is 20.1 Å². The molecule has 0 unspecified atom stereocenters. The number of benzene rings is 13. The van der Waals surface area contributed by atoms with Gasteiger partial charge in [-0.2, -0.15) is 0 Å². The summed E-state index contributed by atoms with van der Waals surface area (Å²) >= 11 is 0. The van der Waals surface area contributed by atoms with E-state index in [1.54, 1.807) is 0 Å². The van der Waals surface area contributed by atoms with Gasteiger partial charge >= 0.3 is 0 Å². The molecule has 13 aromatic rings. The van der Waals surface area contributed by atoms with Gasteiger partial charge in [0.25, 0.3) is 6.71 Å². The van der Waals surface area contributed by atoms with Crippen molar-refractivity contribution in [1.82, 2.24) is 0 Å². The normalized spacial score (nSPS) is 12.8. The lowest BCUT2D eigenvalue weighted by molar-refractivity contribution is 1.21. The first-order valence-electron chi connectivity index (χ1n) is 28.7. The smallest absolute Gasteiger partial charge is 0.252 e. The number of hydrogen-bond donors (Lipinski definition) is 0. The van der Waals surface area contributed by atoms with Crippen LogP contribution in [0.2, 0.25) is 0 Å². The molecule has 6 heteroatoms. The van der Waals surface area contributed by atoms with Gasteiger partial charge < -0.3 is 14.7 Å². The number of fused-ring (bicyclic) bond motifs is 4. The first-order chi connectivity index (χ1) is 41.7. The fraction of sp³-hybridized carbons (Fsp3) is 0. The van der Waals surface area contributed by atoms with Crippen LogP contribution in [0.4, 0.5) is 51.2 Å². The van der Waals surface area contributed by atoms with E-state index >= 15 is 0 Å². The van der Waals surface area contributed by atoms with Crippen LogP contribution in [0.5, 0.6) is 0 Å². The summed E-state index contributed by atoms with van der Waals surface area (Å²) < 4.78 is 0. The average Bonchev–Trinajstić information content (AvgIpc) is 1.54. The molecule has 0 radical (unpaired) electrons. The number of nitrogens with zero attached hydrogens (tertiary/aromatic N) is 3. The Labute approximate surface area is 496 Å². The van der Waals surface area contributed by atoms with Crippen molar-refractivity contribution >= 4 is 94.3 Å². The quantitative estimate of drug-likeness (QED) is 0.107. The van der Waals surface area contributed by atoms with E-state index in [0.717, 1.165) is 34.1 Å². The summed E-state index contributed by atoms with van der Waals surface area (Å²) in [5.41, 5.74) is 14.0. The molecule has 0 aromatic heterocycles. The topological polar surface area (TPSA) is 9.72 Å². The van der Waals surface area contributed by atoms with E-state index in [1.165, 1.54) is 72.6 Å². The summed E-state index contributed by atoms with van der Waals surface area (Å²) in [6.45, 7) is -0.0153. The molecule has 84 heavy (non-hydrogen) atoms. The van der Waals surface area contributed by atoms with Crippen LogP contribution >= 0.6 is 20.1 Å². The highest BCUT2D eigenvalue weighted by Gasteiger charge is 2.44. The Balaban J connectivity index is 0.955. The maximum absolute atomic E-state index is 2.50. The lowest BCUT2D eigenvalue weighted by Crippen LogP contribution is -2.61. The van der Waals surface area contributed by atoms with Gasteiger partial charge in [-0.05, 0) is 192 Å². The van der Waals surface area contributed by atoms with Crippen LogP contribution in [-0.4, -0.2) is 6.71 Å². The molecule has 0 spiro atoms. The Kier molecular flexibility index (Phi) is 13.2. The van der Waals surface area contributed by atoms with Crippen LogP contribution in [-0.2, 0) is 0 Å². The third kappa shape index (κ3) is 8.40. The maximum atomic E-state index is 2.50. The van der Waals surface area contributed by atoms with Gasteiger partial charge in [0.05, 0.1) is 0 Å². The maximum Gasteiger partial charge on any atom is 0.252 e. The Morgan fingerprint density at radius 2 is 0.512 bits per heavy atom. The largest absolute Gasteiger partial charge is 0.311 e. The minimum absolute atomic E-state index is 0.0153. The van der Waals surface area contributed by atoms with Crippen LogP contribution < -0.4 is 31.1 Å². The number of para-hydroxylation sites is 3. The van der Waals surface area contributed by atoms with Crippen molar-refractivity contribution in [2.45, 2.75) is 39.2 Å². The second kappa shape index (κ2) is 21.7. The van der Waals surface area contributed by atoms with E-state index in [9.17, 15) is 0 Å². The molecule has 2 heterocycles. The Bertz CT molecular complexity index is 4050. The highest BCUT2D eigenvalue weighted by atomic mass is 32.3. The average molecular weight is 1110 g/mol. The van der Waals surface area contributed by atoms with Crippen molar-refractivity contribution in [1.29, 1.82) is 0 Å². The Morgan fingerprint density at radius 1 is 0.226 bits per heavy atom. The fourth-order valence-corrected chi connectivity index (χ4v) is 20.9. The summed E-state index contributed by atoms with van der Waals surface area (Å²) in [5, 5.41) is 0. The molecule has 2 aliphatic heterocycles. The Morgan fingerprint density at radius 3 is 0.893 bits per heavy atom. The van der Waals surface area contributed by atoms with Crippen molar-refractivity contribution in [3.63, 3.8) is 0 Å². The minimum atomic E-state index is -1.94. The molecule has 0 atom stereocenters. The molecule has 2 aliphatic rings. The molecule has 0 N–H and O–H groups in total. The van der Waals surface area contributed by atoms with Gasteiger partial charge in [-0.25, -0.2) is 0 Å². The molecule has 0 bridgehead atoms. The fourth-order valence-electron chi connectivity index (χ4n) is 13.1. The molecule has 0 saturated carbocycles. The van der Waals surface area contributed by atoms with Crippen LogP contribution in [0.1, 0.15) is 0 Å². The second-order valence-electron chi connectivity index (χ2n) is 21.2. The third-order valence-electron chi connectivity index (χ3n) is 16.6. The second-order valence-corrected chi connectivity index (χ2v) is 27.4. The SMILES string of the molecule is c1ccc(N2c3ccccc3B3c4ccc(N(c5ccc(S(c6ccccc6)(c6ccccc6)c6ccccc6)cc5)c5ccc(S(c6ccccc6)(c6ccccc6)c6ccccc6)cc5)cc4N(c4ccccc4)c4cccc2c43)cc1. The molecule has 0 fully saturated rings.